The first-order valence-corrected chi connectivity index (χ1v) is 5.77. The van der Waals surface area contributed by atoms with Crippen molar-refractivity contribution >= 4 is 35.6 Å². The minimum Gasteiger partial charge on any atom is -0.136 e. The summed E-state index contributed by atoms with van der Waals surface area (Å²) < 4.78 is 1.28. The van der Waals surface area contributed by atoms with Crippen molar-refractivity contribution in [3.8, 4) is 0 Å². The molecule has 0 amide bonds. The van der Waals surface area contributed by atoms with E-state index in [9.17, 15) is 0 Å². The largest absolute Gasteiger partial charge is 0.136 e. The van der Waals surface area contributed by atoms with Gasteiger partial charge >= 0.3 is 0 Å². The highest BCUT2D eigenvalue weighted by atomic mass is 32.1. The van der Waals surface area contributed by atoms with Crippen LogP contribution in [0.2, 0.25) is 0 Å². The lowest BCUT2D eigenvalue weighted by atomic mass is 10.1. The molecule has 1 aromatic heterocycles. The summed E-state index contributed by atoms with van der Waals surface area (Å²) in [6, 6.07) is 0. The molecule has 0 atom stereocenters. The number of allylic oxidation sites excluding steroid dienone is 2. The maximum atomic E-state index is 3.85. The first kappa shape index (κ1) is 11.7. The van der Waals surface area contributed by atoms with Gasteiger partial charge in [-0.1, -0.05) is 49.6 Å². The molecule has 1 aromatic rings. The quantitative estimate of drug-likeness (QED) is 0.728. The van der Waals surface area contributed by atoms with Gasteiger partial charge in [0.2, 0.25) is 0 Å². The molecule has 0 saturated heterocycles. The van der Waals surface area contributed by atoms with E-state index >= 15 is 0 Å². The number of hydrogen-bond donors (Lipinski definition) is 0. The van der Waals surface area contributed by atoms with Crippen molar-refractivity contribution in [2.45, 2.75) is 13.8 Å². The topological polar surface area (TPSA) is 0 Å². The lowest BCUT2D eigenvalue weighted by Gasteiger charge is -1.89. The van der Waals surface area contributed by atoms with E-state index < -0.39 is 0 Å². The van der Waals surface area contributed by atoms with E-state index in [1.807, 2.05) is 25.2 Å². The van der Waals surface area contributed by atoms with Gasteiger partial charge < -0.3 is 0 Å². The minimum absolute atomic E-state index is 1.22. The van der Waals surface area contributed by atoms with Crippen LogP contribution < -0.4 is 9.75 Å². The molecule has 0 radical (unpaired) electrons. The molecule has 78 valence electrons. The Morgan fingerprint density at radius 1 is 1.20 bits per heavy atom. The molecule has 0 aromatic carbocycles. The highest BCUT2D eigenvalue weighted by Gasteiger charge is 2.02. The maximum Gasteiger partial charge on any atom is 0.0349 e. The Kier molecular flexibility index (Phi) is 4.32. The van der Waals surface area contributed by atoms with E-state index in [0.717, 1.165) is 0 Å². The predicted molar refractivity (Wildman–Crippen MR) is 73.2 cm³/mol. The molecule has 0 N–H and O–H groups in total. The van der Waals surface area contributed by atoms with E-state index in [1.54, 1.807) is 11.3 Å². The molecule has 0 fully saturated rings. The maximum absolute atomic E-state index is 3.85. The van der Waals surface area contributed by atoms with Crippen LogP contribution in [0.25, 0.3) is 24.3 Å². The van der Waals surface area contributed by atoms with Gasteiger partial charge in [-0.3, -0.25) is 0 Å². The summed E-state index contributed by atoms with van der Waals surface area (Å²) in [4.78, 5) is 1.22. The molecule has 0 aliphatic heterocycles. The third-order valence-corrected chi connectivity index (χ3v) is 3.39. The predicted octanol–water partition coefficient (Wildman–Crippen LogP) is 3.19. The smallest absolute Gasteiger partial charge is 0.0349 e. The standard InChI is InChI=1S/C14H16S/c1-5-9-11-12(10-6-2)14(8-4)15-13(11)7-3/h5-10H,1,4H2,2-3H3/b10-6-,11-9-,13-7+. The first-order valence-electron chi connectivity index (χ1n) is 4.95. The Balaban J connectivity index is 3.72. The van der Waals surface area contributed by atoms with Gasteiger partial charge in [-0.2, -0.15) is 0 Å². The molecule has 15 heavy (non-hydrogen) atoms. The molecule has 0 nitrogen and oxygen atoms in total. The molecule has 1 heteroatoms. The van der Waals surface area contributed by atoms with Gasteiger partial charge in [-0.25, -0.2) is 0 Å². The van der Waals surface area contributed by atoms with Crippen LogP contribution in [-0.4, -0.2) is 0 Å². The van der Waals surface area contributed by atoms with E-state index in [2.05, 4.69) is 38.3 Å². The Bertz CT molecular complexity index is 498. The Hall–Kier alpha value is -1.34. The molecular weight excluding hydrogens is 200 g/mol. The first-order chi connectivity index (χ1) is 7.28. The van der Waals surface area contributed by atoms with Gasteiger partial charge in [-0.15, -0.1) is 11.3 Å². The summed E-state index contributed by atoms with van der Waals surface area (Å²) in [7, 11) is 0. The van der Waals surface area contributed by atoms with Gasteiger partial charge in [0, 0.05) is 9.41 Å². The van der Waals surface area contributed by atoms with Crippen molar-refractivity contribution in [1.82, 2.24) is 0 Å². The lowest BCUT2D eigenvalue weighted by Crippen LogP contribution is -2.19. The average Bonchev–Trinajstić information content (AvgIpc) is 2.58. The fourth-order valence-electron chi connectivity index (χ4n) is 1.49. The second kappa shape index (κ2) is 5.52. The lowest BCUT2D eigenvalue weighted by molar-refractivity contribution is 1.62. The zero-order valence-electron chi connectivity index (χ0n) is 9.29. The molecular formula is C14H16S. The SMILES string of the molecule is C=C/C=c1/c(/C=C\C)c(C=C)s/c1=C/C. The van der Waals surface area contributed by atoms with Crippen molar-refractivity contribution in [1.29, 1.82) is 0 Å². The van der Waals surface area contributed by atoms with Gasteiger partial charge in [0.1, 0.15) is 0 Å². The van der Waals surface area contributed by atoms with E-state index in [0.29, 0.717) is 0 Å². The molecule has 1 heterocycles. The summed E-state index contributed by atoms with van der Waals surface area (Å²) in [5.74, 6) is 0. The highest BCUT2D eigenvalue weighted by Crippen LogP contribution is 2.11. The molecule has 0 aliphatic rings. The third kappa shape index (κ3) is 2.37. The zero-order chi connectivity index (χ0) is 11.3. The van der Waals surface area contributed by atoms with E-state index in [1.165, 1.54) is 20.2 Å². The Morgan fingerprint density at radius 3 is 2.40 bits per heavy atom. The summed E-state index contributed by atoms with van der Waals surface area (Å²) in [5.41, 5.74) is 1.24. The molecule has 0 bridgehead atoms. The molecule has 0 unspecified atom stereocenters. The minimum atomic E-state index is 1.22. The summed E-state index contributed by atoms with van der Waals surface area (Å²) in [6.07, 6.45) is 12.1. The third-order valence-electron chi connectivity index (χ3n) is 2.11. The van der Waals surface area contributed by atoms with Gasteiger partial charge in [0.25, 0.3) is 0 Å². The monoisotopic (exact) mass is 216 g/mol. The number of thiophene rings is 1. The number of rotatable bonds is 3. The van der Waals surface area contributed by atoms with Gasteiger partial charge in [-0.05, 0) is 24.6 Å². The van der Waals surface area contributed by atoms with Crippen molar-refractivity contribution in [2.24, 2.45) is 0 Å². The Morgan fingerprint density at radius 2 is 1.93 bits per heavy atom. The second-order valence-corrected chi connectivity index (χ2v) is 4.14. The fourth-order valence-corrected chi connectivity index (χ4v) is 2.50. The molecule has 1 rings (SSSR count). The average molecular weight is 216 g/mol. The van der Waals surface area contributed by atoms with Crippen LogP contribution >= 0.6 is 11.3 Å². The fraction of sp³-hybridized carbons (Fsp3) is 0.143. The van der Waals surface area contributed by atoms with Crippen molar-refractivity contribution in [2.75, 3.05) is 0 Å². The molecule has 0 saturated carbocycles. The second-order valence-electron chi connectivity index (χ2n) is 3.05. The summed E-state index contributed by atoms with van der Waals surface area (Å²) in [6.45, 7) is 11.7. The Labute approximate surface area is 95.3 Å². The number of hydrogen-bond acceptors (Lipinski definition) is 1. The van der Waals surface area contributed by atoms with Crippen LogP contribution in [-0.2, 0) is 0 Å². The molecule has 0 aliphatic carbocycles. The van der Waals surface area contributed by atoms with Crippen LogP contribution in [0, 0.1) is 0 Å². The summed E-state index contributed by atoms with van der Waals surface area (Å²) >= 11 is 1.76. The van der Waals surface area contributed by atoms with Gasteiger partial charge in [0.15, 0.2) is 0 Å². The van der Waals surface area contributed by atoms with Crippen LogP contribution in [0.1, 0.15) is 24.3 Å². The van der Waals surface area contributed by atoms with Crippen LogP contribution in [0.3, 0.4) is 0 Å². The van der Waals surface area contributed by atoms with Crippen molar-refractivity contribution in [3.63, 3.8) is 0 Å². The van der Waals surface area contributed by atoms with Crippen LogP contribution in [0.4, 0.5) is 0 Å². The van der Waals surface area contributed by atoms with Crippen LogP contribution in [0.5, 0.6) is 0 Å². The summed E-state index contributed by atoms with van der Waals surface area (Å²) in [5, 5.41) is 1.24. The van der Waals surface area contributed by atoms with Crippen molar-refractivity contribution in [3.05, 3.63) is 45.5 Å². The zero-order valence-corrected chi connectivity index (χ0v) is 10.1. The van der Waals surface area contributed by atoms with Crippen molar-refractivity contribution < 1.29 is 0 Å². The van der Waals surface area contributed by atoms with E-state index in [4.69, 9.17) is 0 Å². The molecule has 0 spiro atoms. The van der Waals surface area contributed by atoms with Crippen LogP contribution in [0.15, 0.2) is 25.3 Å². The van der Waals surface area contributed by atoms with Gasteiger partial charge in [0.05, 0.1) is 0 Å². The highest BCUT2D eigenvalue weighted by molar-refractivity contribution is 7.11. The van der Waals surface area contributed by atoms with E-state index in [-0.39, 0.29) is 0 Å². The normalized spacial score (nSPS) is 13.7.